The van der Waals surface area contributed by atoms with Crippen molar-refractivity contribution in [3.05, 3.63) is 52.6 Å². The molecule has 5 heteroatoms. The summed E-state index contributed by atoms with van der Waals surface area (Å²) in [6.45, 7) is 1.80. The molecule has 0 unspecified atom stereocenters. The van der Waals surface area contributed by atoms with E-state index < -0.39 is 4.92 Å². The molecule has 0 spiro atoms. The van der Waals surface area contributed by atoms with Crippen LogP contribution in [0.4, 0.5) is 5.69 Å². The highest BCUT2D eigenvalue weighted by molar-refractivity contribution is 5.72. The summed E-state index contributed by atoms with van der Waals surface area (Å²) in [5.74, 6) is 0. The van der Waals surface area contributed by atoms with E-state index in [2.05, 4.69) is 9.97 Å². The maximum absolute atomic E-state index is 10.9. The Bertz CT molecular complexity index is 526. The second-order valence-corrected chi connectivity index (χ2v) is 3.34. The van der Waals surface area contributed by atoms with E-state index in [0.717, 1.165) is 11.3 Å². The first-order valence-corrected chi connectivity index (χ1v) is 4.70. The Morgan fingerprint density at radius 2 is 2.00 bits per heavy atom. The lowest BCUT2D eigenvalue weighted by atomic mass is 10.1. The number of hydrogen-bond donors (Lipinski definition) is 0. The average Bonchev–Trinajstić information content (AvgIpc) is 2.29. The van der Waals surface area contributed by atoms with Crippen molar-refractivity contribution in [1.29, 1.82) is 0 Å². The van der Waals surface area contributed by atoms with Gasteiger partial charge in [0.1, 0.15) is 6.20 Å². The van der Waals surface area contributed by atoms with Gasteiger partial charge < -0.3 is 0 Å². The van der Waals surface area contributed by atoms with Crippen molar-refractivity contribution in [2.45, 2.75) is 6.92 Å². The molecule has 80 valence electrons. The number of nitro groups is 1. The molecule has 0 bridgehead atoms. The van der Waals surface area contributed by atoms with Crippen LogP contribution in [0.2, 0.25) is 0 Å². The first-order chi connectivity index (χ1) is 7.68. The van der Waals surface area contributed by atoms with E-state index >= 15 is 0 Å². The third-order valence-electron chi connectivity index (χ3n) is 2.21. The normalized spacial score (nSPS) is 10.1. The molecule has 0 aliphatic heterocycles. The minimum atomic E-state index is -0.428. The number of hydrogen-bond acceptors (Lipinski definition) is 4. The van der Waals surface area contributed by atoms with Crippen LogP contribution in [0.3, 0.4) is 0 Å². The smallest absolute Gasteiger partial charge is 0.265 e. The minimum absolute atomic E-state index is 0.0109. The van der Waals surface area contributed by atoms with Gasteiger partial charge in [-0.2, -0.15) is 0 Å². The maximum atomic E-state index is 10.9. The van der Waals surface area contributed by atoms with Crippen molar-refractivity contribution in [1.82, 2.24) is 9.97 Å². The maximum Gasteiger partial charge on any atom is 0.295 e. The van der Waals surface area contributed by atoms with Crippen molar-refractivity contribution in [2.75, 3.05) is 0 Å². The van der Waals surface area contributed by atoms with Gasteiger partial charge in [-0.15, -0.1) is 0 Å². The quantitative estimate of drug-likeness (QED) is 0.569. The van der Waals surface area contributed by atoms with Crippen LogP contribution in [0.15, 0.2) is 36.8 Å². The fourth-order valence-corrected chi connectivity index (χ4v) is 1.46. The van der Waals surface area contributed by atoms with Gasteiger partial charge in [0, 0.05) is 18.1 Å². The fourth-order valence-electron chi connectivity index (χ4n) is 1.46. The predicted octanol–water partition coefficient (Wildman–Crippen LogP) is 2.36. The zero-order valence-corrected chi connectivity index (χ0v) is 8.62. The molecule has 0 amide bonds. The Morgan fingerprint density at radius 1 is 1.31 bits per heavy atom. The molecule has 0 atom stereocenters. The molecule has 0 aliphatic rings. The largest absolute Gasteiger partial charge is 0.295 e. The second kappa shape index (κ2) is 4.06. The van der Waals surface area contributed by atoms with Crippen LogP contribution in [-0.4, -0.2) is 14.9 Å². The summed E-state index contributed by atoms with van der Waals surface area (Å²) in [5.41, 5.74) is 2.10. The van der Waals surface area contributed by atoms with Gasteiger partial charge in [0.2, 0.25) is 0 Å². The zero-order chi connectivity index (χ0) is 11.5. The van der Waals surface area contributed by atoms with Crippen molar-refractivity contribution in [2.24, 2.45) is 0 Å². The third-order valence-corrected chi connectivity index (χ3v) is 2.21. The summed E-state index contributed by atoms with van der Waals surface area (Å²) in [6, 6.07) is 5.18. The molecular weight excluding hydrogens is 206 g/mol. The molecule has 2 heterocycles. The Labute approximate surface area is 91.9 Å². The highest BCUT2D eigenvalue weighted by Gasteiger charge is 2.15. The monoisotopic (exact) mass is 215 g/mol. The average molecular weight is 215 g/mol. The molecule has 0 aromatic carbocycles. The molecule has 2 rings (SSSR count). The van der Waals surface area contributed by atoms with Gasteiger partial charge in [0.25, 0.3) is 5.69 Å². The number of aryl methyl sites for hydroxylation is 1. The summed E-state index contributed by atoms with van der Waals surface area (Å²) < 4.78 is 0. The van der Waals surface area contributed by atoms with E-state index in [1.807, 2.05) is 0 Å². The van der Waals surface area contributed by atoms with Gasteiger partial charge in [-0.25, -0.2) is 0 Å². The lowest BCUT2D eigenvalue weighted by Crippen LogP contribution is -1.94. The Balaban J connectivity index is 2.63. The molecule has 2 aromatic heterocycles. The Morgan fingerprint density at radius 3 is 2.62 bits per heavy atom. The van der Waals surface area contributed by atoms with Crippen molar-refractivity contribution < 1.29 is 4.92 Å². The number of nitrogens with zero attached hydrogens (tertiary/aromatic N) is 3. The highest BCUT2D eigenvalue weighted by Crippen LogP contribution is 2.28. The van der Waals surface area contributed by atoms with Crippen LogP contribution < -0.4 is 0 Å². The summed E-state index contributed by atoms with van der Waals surface area (Å²) in [7, 11) is 0. The van der Waals surface area contributed by atoms with Gasteiger partial charge >= 0.3 is 0 Å². The van der Waals surface area contributed by atoms with Gasteiger partial charge in [0.15, 0.2) is 0 Å². The summed E-state index contributed by atoms with van der Waals surface area (Å²) >= 11 is 0. The van der Waals surface area contributed by atoms with Crippen molar-refractivity contribution in [3.8, 4) is 11.1 Å². The fraction of sp³-hybridized carbons (Fsp3) is 0.0909. The van der Waals surface area contributed by atoms with Crippen LogP contribution in [0, 0.1) is 17.0 Å². The highest BCUT2D eigenvalue weighted by atomic mass is 16.6. The second-order valence-electron chi connectivity index (χ2n) is 3.34. The van der Waals surface area contributed by atoms with E-state index in [0.29, 0.717) is 5.56 Å². The van der Waals surface area contributed by atoms with Gasteiger partial charge in [-0.05, 0) is 30.7 Å². The molecular formula is C11H9N3O2. The lowest BCUT2D eigenvalue weighted by molar-refractivity contribution is -0.384. The first-order valence-electron chi connectivity index (χ1n) is 4.70. The molecule has 5 nitrogen and oxygen atoms in total. The van der Waals surface area contributed by atoms with Crippen molar-refractivity contribution >= 4 is 5.69 Å². The number of aromatic nitrogens is 2. The van der Waals surface area contributed by atoms with Crippen molar-refractivity contribution in [3.63, 3.8) is 0 Å². The summed E-state index contributed by atoms with van der Waals surface area (Å²) in [4.78, 5) is 18.2. The molecule has 0 aliphatic carbocycles. The Hall–Kier alpha value is -2.30. The number of rotatable bonds is 2. The molecule has 2 aromatic rings. The zero-order valence-electron chi connectivity index (χ0n) is 8.62. The van der Waals surface area contributed by atoms with Crippen LogP contribution in [0.5, 0.6) is 0 Å². The third kappa shape index (κ3) is 1.88. The lowest BCUT2D eigenvalue weighted by Gasteiger charge is -2.03. The van der Waals surface area contributed by atoms with E-state index in [9.17, 15) is 10.1 Å². The van der Waals surface area contributed by atoms with Crippen LogP contribution >= 0.6 is 0 Å². The number of pyridine rings is 2. The molecule has 0 saturated carbocycles. The summed E-state index contributed by atoms with van der Waals surface area (Å²) in [5, 5.41) is 10.9. The van der Waals surface area contributed by atoms with E-state index in [1.165, 1.54) is 6.20 Å². The molecule has 0 radical (unpaired) electrons. The molecule has 0 saturated heterocycles. The summed E-state index contributed by atoms with van der Waals surface area (Å²) in [6.07, 6.45) is 4.49. The molecule has 0 fully saturated rings. The van der Waals surface area contributed by atoms with E-state index in [1.54, 1.807) is 37.5 Å². The topological polar surface area (TPSA) is 68.9 Å². The molecule has 0 N–H and O–H groups in total. The van der Waals surface area contributed by atoms with Gasteiger partial charge in [-0.3, -0.25) is 20.1 Å². The SMILES string of the molecule is Cc1cc(-c2ccncc2)c([N+](=O)[O-])cn1. The van der Waals surface area contributed by atoms with E-state index in [4.69, 9.17) is 0 Å². The predicted molar refractivity (Wildman–Crippen MR) is 58.9 cm³/mol. The van der Waals surface area contributed by atoms with E-state index in [-0.39, 0.29) is 5.69 Å². The van der Waals surface area contributed by atoms with Gasteiger partial charge in [0.05, 0.1) is 10.5 Å². The van der Waals surface area contributed by atoms with Crippen LogP contribution in [0.25, 0.3) is 11.1 Å². The minimum Gasteiger partial charge on any atom is -0.265 e. The molecule has 16 heavy (non-hydrogen) atoms. The standard InChI is InChI=1S/C11H9N3O2/c1-8-6-10(9-2-4-12-5-3-9)11(7-13-8)14(15)16/h2-7H,1H3. The first kappa shape index (κ1) is 10.2. The Kier molecular flexibility index (Phi) is 2.59. The van der Waals surface area contributed by atoms with Gasteiger partial charge in [-0.1, -0.05) is 0 Å². The van der Waals surface area contributed by atoms with Crippen LogP contribution in [-0.2, 0) is 0 Å². The van der Waals surface area contributed by atoms with Crippen LogP contribution in [0.1, 0.15) is 5.69 Å².